The summed E-state index contributed by atoms with van der Waals surface area (Å²) in [6.07, 6.45) is 4.79. The van der Waals surface area contributed by atoms with E-state index in [0.29, 0.717) is 31.0 Å². The number of benzene rings is 1. The number of carbonyl (C=O) groups is 3. The Morgan fingerprint density at radius 2 is 1.89 bits per heavy atom. The van der Waals surface area contributed by atoms with Crippen molar-refractivity contribution in [2.45, 2.75) is 56.9 Å². The number of phenolic OH excluding ortho intramolecular Hbond substituents is 1. The zero-order valence-electron chi connectivity index (χ0n) is 21.3. The molecule has 1 aromatic rings. The Kier molecular flexibility index (Phi) is 10.9. The summed E-state index contributed by atoms with van der Waals surface area (Å²) in [5.41, 5.74) is -1.68. The second kappa shape index (κ2) is 13.6. The number of carboxylic acid groups (broad SMARTS) is 1. The van der Waals surface area contributed by atoms with E-state index in [9.17, 15) is 29.7 Å². The lowest BCUT2D eigenvalue weighted by Gasteiger charge is -2.47. The van der Waals surface area contributed by atoms with E-state index in [1.165, 1.54) is 19.1 Å². The van der Waals surface area contributed by atoms with Crippen LogP contribution in [0.2, 0.25) is 0 Å². The number of ether oxygens (including phenoxy) is 2. The SMILES string of the molecule is C=CCN(CC=C)[C@@H]1C[C@@](O)(C(=O)O)C[C@@H](OC(=O)/C=C/c2ccc(OCCC)c(O)c2)[C@H]1NC(C)=O. The Bertz CT molecular complexity index is 1010. The minimum Gasteiger partial charge on any atom is -0.504 e. The van der Waals surface area contributed by atoms with Gasteiger partial charge in [-0.3, -0.25) is 9.69 Å². The number of rotatable bonds is 13. The molecule has 0 aliphatic heterocycles. The monoisotopic (exact) mass is 516 g/mol. The zero-order valence-corrected chi connectivity index (χ0v) is 21.3. The van der Waals surface area contributed by atoms with Crippen LogP contribution in [0.25, 0.3) is 6.08 Å². The van der Waals surface area contributed by atoms with Gasteiger partial charge in [0.1, 0.15) is 6.10 Å². The van der Waals surface area contributed by atoms with Gasteiger partial charge < -0.3 is 30.1 Å². The van der Waals surface area contributed by atoms with E-state index in [2.05, 4.69) is 18.5 Å². The lowest BCUT2D eigenvalue weighted by atomic mass is 9.76. The van der Waals surface area contributed by atoms with Gasteiger partial charge in [0.05, 0.1) is 12.6 Å². The van der Waals surface area contributed by atoms with Gasteiger partial charge in [0.15, 0.2) is 17.1 Å². The fourth-order valence-corrected chi connectivity index (χ4v) is 4.34. The molecule has 0 bridgehead atoms. The van der Waals surface area contributed by atoms with Gasteiger partial charge in [0.2, 0.25) is 5.91 Å². The highest BCUT2D eigenvalue weighted by Gasteiger charge is 2.52. The summed E-state index contributed by atoms with van der Waals surface area (Å²) in [6, 6.07) is 3.17. The Balaban J connectivity index is 2.30. The van der Waals surface area contributed by atoms with Crippen molar-refractivity contribution in [1.29, 1.82) is 0 Å². The van der Waals surface area contributed by atoms with Gasteiger partial charge in [-0.25, -0.2) is 9.59 Å². The van der Waals surface area contributed by atoms with Gasteiger partial charge in [-0.2, -0.15) is 0 Å². The highest BCUT2D eigenvalue weighted by molar-refractivity contribution is 5.87. The third kappa shape index (κ3) is 8.19. The van der Waals surface area contributed by atoms with Crippen LogP contribution in [0, 0.1) is 0 Å². The number of hydrogen-bond acceptors (Lipinski definition) is 8. The summed E-state index contributed by atoms with van der Waals surface area (Å²) in [5, 5.41) is 33.6. The lowest BCUT2D eigenvalue weighted by molar-refractivity contribution is -0.178. The number of aromatic hydroxyl groups is 1. The van der Waals surface area contributed by atoms with Crippen molar-refractivity contribution < 1.29 is 39.2 Å². The molecule has 37 heavy (non-hydrogen) atoms. The van der Waals surface area contributed by atoms with Crippen LogP contribution in [0.5, 0.6) is 11.5 Å². The molecule has 0 spiro atoms. The maximum Gasteiger partial charge on any atom is 0.335 e. The van der Waals surface area contributed by atoms with E-state index < -0.39 is 48.1 Å². The van der Waals surface area contributed by atoms with E-state index in [0.717, 1.165) is 12.5 Å². The molecule has 10 heteroatoms. The number of carboxylic acids is 1. The molecule has 1 aliphatic carbocycles. The van der Waals surface area contributed by atoms with E-state index >= 15 is 0 Å². The molecule has 4 atom stereocenters. The quantitative estimate of drug-likeness (QED) is 0.176. The van der Waals surface area contributed by atoms with Crippen LogP contribution in [0.15, 0.2) is 49.6 Å². The van der Waals surface area contributed by atoms with Crippen LogP contribution in [0.4, 0.5) is 0 Å². The van der Waals surface area contributed by atoms with Crippen LogP contribution in [0.1, 0.15) is 38.7 Å². The number of aliphatic hydroxyl groups is 1. The zero-order chi connectivity index (χ0) is 27.6. The third-order valence-electron chi connectivity index (χ3n) is 5.99. The number of phenols is 1. The topological polar surface area (TPSA) is 146 Å². The maximum atomic E-state index is 12.7. The number of nitrogens with one attached hydrogen (secondary N) is 1. The van der Waals surface area contributed by atoms with Crippen molar-refractivity contribution in [3.05, 3.63) is 55.1 Å². The molecule has 202 valence electrons. The first-order valence-electron chi connectivity index (χ1n) is 12.1. The molecular formula is C27H36N2O8. The van der Waals surface area contributed by atoms with Gasteiger partial charge in [0.25, 0.3) is 0 Å². The molecule has 10 nitrogen and oxygen atoms in total. The highest BCUT2D eigenvalue weighted by Crippen LogP contribution is 2.34. The van der Waals surface area contributed by atoms with Crippen LogP contribution in [0.3, 0.4) is 0 Å². The molecule has 1 aromatic carbocycles. The van der Waals surface area contributed by atoms with Crippen molar-refractivity contribution in [2.75, 3.05) is 19.7 Å². The minimum atomic E-state index is -2.19. The van der Waals surface area contributed by atoms with Crippen LogP contribution < -0.4 is 10.1 Å². The lowest BCUT2D eigenvalue weighted by Crippen LogP contribution is -2.66. The number of aliphatic carboxylic acids is 1. The van der Waals surface area contributed by atoms with Crippen LogP contribution in [-0.4, -0.2) is 81.6 Å². The van der Waals surface area contributed by atoms with E-state index in [1.807, 2.05) is 6.92 Å². The first kappa shape index (κ1) is 29.6. The number of nitrogens with zero attached hydrogens (tertiary/aromatic N) is 1. The molecular weight excluding hydrogens is 480 g/mol. The predicted octanol–water partition coefficient (Wildman–Crippen LogP) is 2.26. The molecule has 2 rings (SSSR count). The van der Waals surface area contributed by atoms with Crippen molar-refractivity contribution in [2.24, 2.45) is 0 Å². The molecule has 0 radical (unpaired) electrons. The Hall–Kier alpha value is -3.63. The number of carbonyl (C=O) groups excluding carboxylic acids is 2. The van der Waals surface area contributed by atoms with Crippen molar-refractivity contribution in [3.63, 3.8) is 0 Å². The molecule has 0 unspecified atom stereocenters. The third-order valence-corrected chi connectivity index (χ3v) is 5.99. The van der Waals surface area contributed by atoms with Crippen molar-refractivity contribution in [3.8, 4) is 11.5 Å². The summed E-state index contributed by atoms with van der Waals surface area (Å²) in [4.78, 5) is 38.5. The van der Waals surface area contributed by atoms with Gasteiger partial charge in [0, 0.05) is 45.0 Å². The average molecular weight is 517 g/mol. The summed E-state index contributed by atoms with van der Waals surface area (Å²) in [5.74, 6) is -2.41. The average Bonchev–Trinajstić information content (AvgIpc) is 2.83. The summed E-state index contributed by atoms with van der Waals surface area (Å²) in [7, 11) is 0. The van der Waals surface area contributed by atoms with Crippen molar-refractivity contribution >= 4 is 23.9 Å². The minimum absolute atomic E-state index is 0.0825. The molecule has 1 amide bonds. The first-order valence-corrected chi connectivity index (χ1v) is 12.1. The number of esters is 1. The molecule has 0 heterocycles. The summed E-state index contributed by atoms with van der Waals surface area (Å²) < 4.78 is 11.0. The van der Waals surface area contributed by atoms with Crippen LogP contribution in [-0.2, 0) is 19.1 Å². The second-order valence-corrected chi connectivity index (χ2v) is 8.95. The molecule has 1 saturated carbocycles. The fourth-order valence-electron chi connectivity index (χ4n) is 4.34. The Morgan fingerprint density at radius 3 is 2.43 bits per heavy atom. The normalized spacial score (nSPS) is 23.4. The smallest absolute Gasteiger partial charge is 0.335 e. The molecule has 1 aliphatic rings. The van der Waals surface area contributed by atoms with E-state index in [1.54, 1.807) is 29.2 Å². The predicted molar refractivity (Wildman–Crippen MR) is 138 cm³/mol. The molecule has 0 saturated heterocycles. The van der Waals surface area contributed by atoms with Gasteiger partial charge in [-0.1, -0.05) is 25.1 Å². The second-order valence-electron chi connectivity index (χ2n) is 8.95. The van der Waals surface area contributed by atoms with Crippen molar-refractivity contribution in [1.82, 2.24) is 10.2 Å². The number of hydrogen-bond donors (Lipinski definition) is 4. The maximum absolute atomic E-state index is 12.7. The van der Waals surface area contributed by atoms with E-state index in [-0.39, 0.29) is 12.2 Å². The largest absolute Gasteiger partial charge is 0.504 e. The Morgan fingerprint density at radius 1 is 1.22 bits per heavy atom. The van der Waals surface area contributed by atoms with Gasteiger partial charge >= 0.3 is 11.9 Å². The fraction of sp³-hybridized carbons (Fsp3) is 0.444. The van der Waals surface area contributed by atoms with Gasteiger partial charge in [-0.15, -0.1) is 13.2 Å². The molecule has 4 N–H and O–H groups in total. The standard InChI is InChI=1S/C27H36N2O8/c1-5-12-29(13-6-2)20-16-27(35,26(33)34)17-23(25(20)28-18(4)30)37-24(32)11-9-19-8-10-22(21(31)15-19)36-14-7-3/h5-6,8-11,15,20,23,25,31,35H,1-2,7,12-14,16-17H2,3-4H3,(H,28,30)(H,33,34)/b11-9+/t20-,23-,25+,27+/m1/s1. The number of amides is 1. The Labute approximate surface area is 216 Å². The van der Waals surface area contributed by atoms with Gasteiger partial charge in [-0.05, 0) is 30.2 Å². The summed E-state index contributed by atoms with van der Waals surface area (Å²) >= 11 is 0. The van der Waals surface area contributed by atoms with E-state index in [4.69, 9.17) is 9.47 Å². The molecule has 1 fully saturated rings. The van der Waals surface area contributed by atoms with Crippen LogP contribution >= 0.6 is 0 Å². The molecule has 0 aromatic heterocycles. The first-order chi connectivity index (χ1) is 17.5. The summed E-state index contributed by atoms with van der Waals surface area (Å²) in [6.45, 7) is 11.8. The highest BCUT2D eigenvalue weighted by atomic mass is 16.5.